The lowest BCUT2D eigenvalue weighted by Crippen LogP contribution is -2.55. The third kappa shape index (κ3) is 5.53. The van der Waals surface area contributed by atoms with E-state index in [2.05, 4.69) is 31.5 Å². The van der Waals surface area contributed by atoms with Gasteiger partial charge in [0.25, 0.3) is 0 Å². The summed E-state index contributed by atoms with van der Waals surface area (Å²) in [6, 6.07) is 14.5. The van der Waals surface area contributed by atoms with Crippen LogP contribution in [0.4, 0.5) is 28.8 Å². The Hall–Kier alpha value is -3.79. The molecule has 43 heavy (non-hydrogen) atoms. The summed E-state index contributed by atoms with van der Waals surface area (Å²) in [6.45, 7) is 8.83. The lowest BCUT2D eigenvalue weighted by atomic mass is 9.94. The number of anilines is 5. The topological polar surface area (TPSA) is 117 Å². The van der Waals surface area contributed by atoms with Crippen LogP contribution in [-0.2, 0) is 9.30 Å². The summed E-state index contributed by atoms with van der Waals surface area (Å²) in [5.74, 6) is 2.50. The molecule has 11 nitrogen and oxygen atoms in total. The average Bonchev–Trinajstić information content (AvgIpc) is 3.50. The second-order valence-electron chi connectivity index (χ2n) is 11.8. The molecule has 226 valence electrons. The Kier molecular flexibility index (Phi) is 7.41. The summed E-state index contributed by atoms with van der Waals surface area (Å²) in [6.07, 6.45) is 4.03. The molecule has 2 atom stereocenters. The van der Waals surface area contributed by atoms with Gasteiger partial charge in [0.1, 0.15) is 36.7 Å². The summed E-state index contributed by atoms with van der Waals surface area (Å²) in [7, 11) is -0.848. The van der Waals surface area contributed by atoms with Gasteiger partial charge in [-0.25, -0.2) is 0 Å². The van der Waals surface area contributed by atoms with Gasteiger partial charge in [-0.3, -0.25) is 4.90 Å². The summed E-state index contributed by atoms with van der Waals surface area (Å²) in [5.41, 5.74) is 3.21. The van der Waals surface area contributed by atoms with Crippen LogP contribution in [-0.4, -0.2) is 91.8 Å². The van der Waals surface area contributed by atoms with Crippen molar-refractivity contribution in [1.29, 1.82) is 0 Å². The van der Waals surface area contributed by atoms with Crippen LogP contribution in [0.2, 0.25) is 0 Å². The Balaban J connectivity index is 1.16. The largest absolute Gasteiger partial charge is 0.494 e. The maximum atomic E-state index is 13.0. The van der Waals surface area contributed by atoms with Crippen molar-refractivity contribution >= 4 is 52.3 Å². The van der Waals surface area contributed by atoms with Gasteiger partial charge in [0.2, 0.25) is 5.95 Å². The van der Waals surface area contributed by atoms with E-state index in [-0.39, 0.29) is 0 Å². The molecule has 7 rings (SSSR count). The molecule has 2 saturated heterocycles. The first-order chi connectivity index (χ1) is 20.9. The second-order valence-corrected chi connectivity index (χ2v) is 14.9. The molecule has 2 fully saturated rings. The highest BCUT2D eigenvalue weighted by atomic mass is 31.2. The minimum Gasteiger partial charge on any atom is -0.494 e. The first-order valence-corrected chi connectivity index (χ1v) is 17.4. The minimum atomic E-state index is -2.52. The number of benzene rings is 2. The van der Waals surface area contributed by atoms with Crippen molar-refractivity contribution in [2.45, 2.75) is 24.9 Å². The van der Waals surface area contributed by atoms with Gasteiger partial charge in [-0.2, -0.15) is 9.97 Å². The van der Waals surface area contributed by atoms with Gasteiger partial charge in [-0.1, -0.05) is 12.1 Å². The fourth-order valence-electron chi connectivity index (χ4n) is 6.51. The highest BCUT2D eigenvalue weighted by Gasteiger charge is 2.37. The minimum absolute atomic E-state index is 0.328. The van der Waals surface area contributed by atoms with Crippen molar-refractivity contribution in [3.05, 3.63) is 48.7 Å². The van der Waals surface area contributed by atoms with E-state index in [0.717, 1.165) is 73.5 Å². The number of para-hydroxylation sites is 1. The lowest BCUT2D eigenvalue weighted by molar-refractivity contribution is 0.00628. The van der Waals surface area contributed by atoms with E-state index in [1.165, 1.54) is 0 Å². The van der Waals surface area contributed by atoms with E-state index in [9.17, 15) is 4.57 Å². The Labute approximate surface area is 251 Å². The number of hydrogen-bond acceptors (Lipinski definition) is 10. The van der Waals surface area contributed by atoms with Crippen LogP contribution in [0, 0.1) is 0 Å². The molecule has 2 aromatic heterocycles. The number of fused-ring (bicyclic) bond motifs is 4. The van der Waals surface area contributed by atoms with Crippen LogP contribution in [0.5, 0.6) is 11.5 Å². The fourth-order valence-corrected chi connectivity index (χ4v) is 7.67. The van der Waals surface area contributed by atoms with Crippen LogP contribution in [0.25, 0.3) is 11.0 Å². The molecule has 2 aromatic carbocycles. The second kappa shape index (κ2) is 11.4. The maximum absolute atomic E-state index is 13.0. The molecule has 0 aliphatic carbocycles. The molecular formula is C31H38N7O4P. The third-order valence-corrected chi connectivity index (χ3v) is 10.2. The van der Waals surface area contributed by atoms with Gasteiger partial charge in [0, 0.05) is 49.3 Å². The molecule has 4 aromatic rings. The summed E-state index contributed by atoms with van der Waals surface area (Å²) in [4.78, 5) is 17.8. The highest BCUT2D eigenvalue weighted by Crippen LogP contribution is 2.45. The Bertz CT molecular complexity index is 1680. The highest BCUT2D eigenvalue weighted by molar-refractivity contribution is 7.70. The Morgan fingerprint density at radius 2 is 1.86 bits per heavy atom. The predicted octanol–water partition coefficient (Wildman–Crippen LogP) is 4.76. The van der Waals surface area contributed by atoms with Crippen molar-refractivity contribution in [1.82, 2.24) is 19.9 Å². The number of piperidine rings is 1. The Morgan fingerprint density at radius 3 is 2.67 bits per heavy atom. The molecule has 3 N–H and O–H groups in total. The molecular weight excluding hydrogens is 565 g/mol. The molecule has 3 aliphatic rings. The fraction of sp³-hybridized carbons (Fsp3) is 0.419. The smallest absolute Gasteiger partial charge is 0.231 e. The van der Waals surface area contributed by atoms with Crippen LogP contribution < -0.4 is 30.3 Å². The summed E-state index contributed by atoms with van der Waals surface area (Å²) in [5, 5.41) is 8.38. The SMILES string of the molecule is COc1cc2c(cc1Nc1nc(Nc3ccccc3P(C)(C)=O)c3cc[nH]c3n1)OC[C@H]1C[C@@H](N3CCOCC3)CCN21. The number of nitrogens with one attached hydrogen (secondary N) is 3. The molecule has 12 heteroatoms. The van der Waals surface area contributed by atoms with E-state index in [4.69, 9.17) is 24.2 Å². The van der Waals surface area contributed by atoms with Gasteiger partial charge in [0.15, 0.2) is 0 Å². The van der Waals surface area contributed by atoms with Gasteiger partial charge in [0.05, 0.1) is 48.8 Å². The third-order valence-electron chi connectivity index (χ3n) is 8.67. The number of nitrogens with zero attached hydrogens (tertiary/aromatic N) is 4. The van der Waals surface area contributed by atoms with E-state index >= 15 is 0 Å². The first kappa shape index (κ1) is 28.0. The molecule has 0 saturated carbocycles. The molecule has 0 radical (unpaired) electrons. The van der Waals surface area contributed by atoms with Gasteiger partial charge >= 0.3 is 0 Å². The zero-order chi connectivity index (χ0) is 29.6. The molecule has 0 amide bonds. The quantitative estimate of drug-likeness (QED) is 0.255. The zero-order valence-electron chi connectivity index (χ0n) is 24.8. The number of methoxy groups -OCH3 is 1. The number of aromatic nitrogens is 3. The zero-order valence-corrected chi connectivity index (χ0v) is 25.7. The molecule has 5 heterocycles. The first-order valence-electron chi connectivity index (χ1n) is 14.8. The van der Waals surface area contributed by atoms with Crippen LogP contribution >= 0.6 is 7.14 Å². The Morgan fingerprint density at radius 1 is 1.02 bits per heavy atom. The lowest BCUT2D eigenvalue weighted by Gasteiger charge is -2.47. The van der Waals surface area contributed by atoms with Gasteiger partial charge in [-0.15, -0.1) is 0 Å². The number of morpholine rings is 1. The number of aromatic amines is 1. The molecule has 0 spiro atoms. The number of H-pyrrole nitrogens is 1. The van der Waals surface area contributed by atoms with Crippen LogP contribution in [0.15, 0.2) is 48.7 Å². The van der Waals surface area contributed by atoms with Gasteiger partial charge in [-0.05, 0) is 44.4 Å². The van der Waals surface area contributed by atoms with Crippen molar-refractivity contribution in [3.8, 4) is 11.5 Å². The van der Waals surface area contributed by atoms with Crippen molar-refractivity contribution in [2.24, 2.45) is 0 Å². The van der Waals surface area contributed by atoms with E-state index in [0.29, 0.717) is 47.5 Å². The van der Waals surface area contributed by atoms with Crippen molar-refractivity contribution < 1.29 is 18.8 Å². The van der Waals surface area contributed by atoms with E-state index in [1.807, 2.05) is 42.6 Å². The monoisotopic (exact) mass is 603 g/mol. The molecule has 0 bridgehead atoms. The van der Waals surface area contributed by atoms with Crippen molar-refractivity contribution in [3.63, 3.8) is 0 Å². The number of rotatable bonds is 7. The van der Waals surface area contributed by atoms with Gasteiger partial charge < -0.3 is 39.3 Å². The maximum Gasteiger partial charge on any atom is 0.231 e. The normalized spacial score (nSPS) is 20.7. The molecule has 0 unspecified atom stereocenters. The molecule has 3 aliphatic heterocycles. The average molecular weight is 604 g/mol. The summed E-state index contributed by atoms with van der Waals surface area (Å²) < 4.78 is 30.8. The van der Waals surface area contributed by atoms with Crippen LogP contribution in [0.3, 0.4) is 0 Å². The van der Waals surface area contributed by atoms with Crippen molar-refractivity contribution in [2.75, 3.05) is 75.4 Å². The van der Waals surface area contributed by atoms with E-state index < -0.39 is 7.14 Å². The standard InChI is InChI=1S/C31H38N7O4P/c1-40-26-18-25-27(42-19-21-16-20(9-11-38(21)25)37-12-14-41-15-13-37)17-24(26)34-31-35-29-22(8-10-32-29)30(36-31)33-23-6-4-5-7-28(23)43(2,3)39/h4-8,10,17-18,20-21H,9,11-16,19H2,1-3H3,(H3,32,33,34,35,36)/t20-,21+/m0/s1. The summed E-state index contributed by atoms with van der Waals surface area (Å²) >= 11 is 0. The number of hydrogen-bond donors (Lipinski definition) is 3. The van der Waals surface area contributed by atoms with Crippen LogP contribution in [0.1, 0.15) is 12.8 Å². The van der Waals surface area contributed by atoms with E-state index in [1.54, 1.807) is 20.4 Å². The predicted molar refractivity (Wildman–Crippen MR) is 171 cm³/mol. The number of ether oxygens (including phenoxy) is 3.